The Morgan fingerprint density at radius 3 is 2.69 bits per heavy atom. The number of ether oxygens (including phenoxy) is 2. The molecule has 1 aliphatic heterocycles. The average Bonchev–Trinajstić information content (AvgIpc) is 2.23. The summed E-state index contributed by atoms with van der Waals surface area (Å²) in [7, 11) is 1.38. The molecule has 4 nitrogen and oxygen atoms in total. The van der Waals surface area contributed by atoms with E-state index >= 15 is 0 Å². The van der Waals surface area contributed by atoms with Crippen molar-refractivity contribution in [3.63, 3.8) is 0 Å². The van der Waals surface area contributed by atoms with Gasteiger partial charge in [-0.05, 0) is 30.7 Å². The highest BCUT2D eigenvalue weighted by Gasteiger charge is 2.18. The smallest absolute Gasteiger partial charge is 0.338 e. The van der Waals surface area contributed by atoms with Gasteiger partial charge in [0.15, 0.2) is 0 Å². The molecule has 0 aliphatic carbocycles. The lowest BCUT2D eigenvalue weighted by Crippen LogP contribution is -2.50. The van der Waals surface area contributed by atoms with Crippen LogP contribution >= 0.6 is 0 Å². The predicted molar refractivity (Wildman–Crippen MR) is 59.8 cm³/mol. The first-order valence-electron chi connectivity index (χ1n) is 5.27. The van der Waals surface area contributed by atoms with Crippen LogP contribution in [0.4, 0.5) is 0 Å². The second kappa shape index (κ2) is 4.53. The second-order valence-corrected chi connectivity index (χ2v) is 3.87. The summed E-state index contributed by atoms with van der Waals surface area (Å²) in [5.74, 6) is 0.492. The van der Waals surface area contributed by atoms with Gasteiger partial charge in [0, 0.05) is 13.1 Å². The van der Waals surface area contributed by atoms with E-state index in [1.165, 1.54) is 7.11 Å². The highest BCUT2D eigenvalue weighted by atomic mass is 16.5. The van der Waals surface area contributed by atoms with Crippen LogP contribution in [0.1, 0.15) is 15.9 Å². The van der Waals surface area contributed by atoms with Crippen LogP contribution in [-0.4, -0.2) is 32.3 Å². The molecule has 1 aromatic carbocycles. The maximum absolute atomic E-state index is 11.4. The summed E-state index contributed by atoms with van der Waals surface area (Å²) in [6, 6.07) is 5.41. The molecule has 1 N–H and O–H groups in total. The van der Waals surface area contributed by atoms with Crippen LogP contribution in [0.25, 0.3) is 0 Å². The Morgan fingerprint density at radius 2 is 2.19 bits per heavy atom. The summed E-state index contributed by atoms with van der Waals surface area (Å²) < 4.78 is 10.4. The Balaban J connectivity index is 2.11. The topological polar surface area (TPSA) is 47.6 Å². The first-order valence-corrected chi connectivity index (χ1v) is 5.27. The minimum absolute atomic E-state index is 0.253. The lowest BCUT2D eigenvalue weighted by molar-refractivity contribution is 0.0600. The normalized spacial score (nSPS) is 15.4. The molecule has 0 aromatic heterocycles. The van der Waals surface area contributed by atoms with Crippen LogP contribution < -0.4 is 10.1 Å². The Labute approximate surface area is 94.6 Å². The number of benzene rings is 1. The quantitative estimate of drug-likeness (QED) is 0.777. The molecule has 1 heterocycles. The van der Waals surface area contributed by atoms with Gasteiger partial charge in [0.25, 0.3) is 0 Å². The predicted octanol–water partition coefficient (Wildman–Crippen LogP) is 1.13. The fourth-order valence-electron chi connectivity index (χ4n) is 1.59. The number of aryl methyl sites for hydroxylation is 1. The number of nitrogens with one attached hydrogen (secondary N) is 1. The number of carbonyl (C=O) groups excluding carboxylic acids is 1. The molecule has 86 valence electrons. The molecular formula is C12H15NO3. The van der Waals surface area contributed by atoms with E-state index in [9.17, 15) is 4.79 Å². The molecule has 0 radical (unpaired) electrons. The molecule has 0 saturated carbocycles. The summed E-state index contributed by atoms with van der Waals surface area (Å²) in [6.45, 7) is 3.65. The zero-order valence-corrected chi connectivity index (χ0v) is 9.45. The zero-order valence-electron chi connectivity index (χ0n) is 9.45. The monoisotopic (exact) mass is 221 g/mol. The number of hydrogen-bond acceptors (Lipinski definition) is 4. The van der Waals surface area contributed by atoms with Crippen molar-refractivity contribution in [2.75, 3.05) is 20.2 Å². The minimum atomic E-state index is -0.311. The van der Waals surface area contributed by atoms with Crippen molar-refractivity contribution in [1.82, 2.24) is 5.32 Å². The number of methoxy groups -OCH3 is 1. The first kappa shape index (κ1) is 11.0. The molecule has 0 amide bonds. The van der Waals surface area contributed by atoms with E-state index in [1.54, 1.807) is 12.1 Å². The Morgan fingerprint density at radius 1 is 1.44 bits per heavy atom. The lowest BCUT2D eigenvalue weighted by atomic mass is 10.1. The molecular weight excluding hydrogens is 206 g/mol. The van der Waals surface area contributed by atoms with Gasteiger partial charge in [-0.25, -0.2) is 4.79 Å². The third-order valence-electron chi connectivity index (χ3n) is 2.65. The average molecular weight is 221 g/mol. The van der Waals surface area contributed by atoms with E-state index in [0.29, 0.717) is 5.56 Å². The number of esters is 1. The van der Waals surface area contributed by atoms with Gasteiger partial charge in [0.05, 0.1) is 12.7 Å². The molecule has 0 unspecified atom stereocenters. The van der Waals surface area contributed by atoms with Crippen molar-refractivity contribution in [3.8, 4) is 5.75 Å². The molecule has 0 bridgehead atoms. The molecule has 4 heteroatoms. The zero-order chi connectivity index (χ0) is 11.5. The highest BCUT2D eigenvalue weighted by molar-refractivity contribution is 5.91. The number of carbonyl (C=O) groups is 1. The third kappa shape index (κ3) is 2.17. The van der Waals surface area contributed by atoms with E-state index in [2.05, 4.69) is 10.1 Å². The number of rotatable bonds is 3. The van der Waals surface area contributed by atoms with Gasteiger partial charge in [-0.15, -0.1) is 0 Å². The third-order valence-corrected chi connectivity index (χ3v) is 2.65. The van der Waals surface area contributed by atoms with E-state index in [4.69, 9.17) is 4.74 Å². The standard InChI is InChI=1S/C12H15NO3/c1-8-5-9(16-10-6-13-7-10)3-4-11(8)12(14)15-2/h3-5,10,13H,6-7H2,1-2H3. The fourth-order valence-corrected chi connectivity index (χ4v) is 1.59. The van der Waals surface area contributed by atoms with Crippen LogP contribution in [0.15, 0.2) is 18.2 Å². The molecule has 2 rings (SSSR count). The minimum Gasteiger partial charge on any atom is -0.488 e. The van der Waals surface area contributed by atoms with Crippen LogP contribution in [0.2, 0.25) is 0 Å². The van der Waals surface area contributed by atoms with Gasteiger partial charge < -0.3 is 14.8 Å². The van der Waals surface area contributed by atoms with Crippen molar-refractivity contribution in [2.45, 2.75) is 13.0 Å². The van der Waals surface area contributed by atoms with Crippen molar-refractivity contribution < 1.29 is 14.3 Å². The SMILES string of the molecule is COC(=O)c1ccc(OC2CNC2)cc1C. The molecule has 16 heavy (non-hydrogen) atoms. The van der Waals surface area contributed by atoms with Gasteiger partial charge in [-0.2, -0.15) is 0 Å². The summed E-state index contributed by atoms with van der Waals surface area (Å²) >= 11 is 0. The van der Waals surface area contributed by atoms with Crippen molar-refractivity contribution in [1.29, 1.82) is 0 Å². The van der Waals surface area contributed by atoms with Crippen LogP contribution in [0, 0.1) is 6.92 Å². The highest BCUT2D eigenvalue weighted by Crippen LogP contribution is 2.19. The maximum atomic E-state index is 11.4. The molecule has 1 aliphatic rings. The van der Waals surface area contributed by atoms with Crippen LogP contribution in [-0.2, 0) is 4.74 Å². The van der Waals surface area contributed by atoms with Crippen molar-refractivity contribution in [3.05, 3.63) is 29.3 Å². The van der Waals surface area contributed by atoms with E-state index < -0.39 is 0 Å². The molecule has 0 atom stereocenters. The van der Waals surface area contributed by atoms with Crippen LogP contribution in [0.3, 0.4) is 0 Å². The summed E-state index contributed by atoms with van der Waals surface area (Å²) in [6.07, 6.45) is 0.253. The summed E-state index contributed by atoms with van der Waals surface area (Å²) in [5, 5.41) is 3.14. The fraction of sp³-hybridized carbons (Fsp3) is 0.417. The summed E-state index contributed by atoms with van der Waals surface area (Å²) in [4.78, 5) is 11.4. The van der Waals surface area contributed by atoms with E-state index in [-0.39, 0.29) is 12.1 Å². The molecule has 1 fully saturated rings. The number of hydrogen-bond donors (Lipinski definition) is 1. The van der Waals surface area contributed by atoms with Gasteiger partial charge in [0.1, 0.15) is 11.9 Å². The molecule has 0 spiro atoms. The largest absolute Gasteiger partial charge is 0.488 e. The van der Waals surface area contributed by atoms with Crippen molar-refractivity contribution >= 4 is 5.97 Å². The Kier molecular flexibility index (Phi) is 3.10. The lowest BCUT2D eigenvalue weighted by Gasteiger charge is -2.28. The first-order chi connectivity index (χ1) is 7.70. The van der Waals surface area contributed by atoms with Gasteiger partial charge in [0.2, 0.25) is 0 Å². The Bertz CT molecular complexity index is 399. The van der Waals surface area contributed by atoms with E-state index in [0.717, 1.165) is 24.4 Å². The summed E-state index contributed by atoms with van der Waals surface area (Å²) in [5.41, 5.74) is 1.46. The second-order valence-electron chi connectivity index (χ2n) is 3.87. The molecule has 1 aromatic rings. The van der Waals surface area contributed by atoms with Crippen LogP contribution in [0.5, 0.6) is 5.75 Å². The Hall–Kier alpha value is -1.55. The van der Waals surface area contributed by atoms with Gasteiger partial charge in [-0.1, -0.05) is 0 Å². The molecule has 1 saturated heterocycles. The van der Waals surface area contributed by atoms with Crippen molar-refractivity contribution in [2.24, 2.45) is 0 Å². The van der Waals surface area contributed by atoms with Gasteiger partial charge in [-0.3, -0.25) is 0 Å². The van der Waals surface area contributed by atoms with E-state index in [1.807, 2.05) is 13.0 Å². The van der Waals surface area contributed by atoms with Gasteiger partial charge >= 0.3 is 5.97 Å². The maximum Gasteiger partial charge on any atom is 0.338 e.